The smallest absolute Gasteiger partial charge is 0.170 e. The van der Waals surface area contributed by atoms with Crippen molar-refractivity contribution >= 4 is 17.4 Å². The molecule has 92 valence electrons. The number of halogens is 2. The van der Waals surface area contributed by atoms with Crippen molar-refractivity contribution in [3.8, 4) is 0 Å². The number of carbonyl (C=O) groups is 1. The first-order chi connectivity index (χ1) is 8.59. The molecular formula is C15H12ClFO. The molecule has 2 aromatic carbocycles. The predicted octanol–water partition coefficient (Wildman–Crippen LogP) is 4.21. The first kappa shape index (κ1) is 12.8. The fraction of sp³-hybridized carbons (Fsp3) is 0.133. The maximum Gasteiger partial charge on any atom is 0.170 e. The molecule has 0 N–H and O–H groups in total. The zero-order valence-electron chi connectivity index (χ0n) is 9.91. The molecule has 0 aromatic heterocycles. The van der Waals surface area contributed by atoms with Crippen molar-refractivity contribution in [2.45, 2.75) is 13.3 Å². The van der Waals surface area contributed by atoms with Gasteiger partial charge in [-0.25, -0.2) is 4.39 Å². The summed E-state index contributed by atoms with van der Waals surface area (Å²) in [5.74, 6) is -0.709. The van der Waals surface area contributed by atoms with E-state index in [1.807, 2.05) is 0 Å². The molecule has 0 spiro atoms. The van der Waals surface area contributed by atoms with Gasteiger partial charge in [0.25, 0.3) is 0 Å². The van der Waals surface area contributed by atoms with Gasteiger partial charge in [0.15, 0.2) is 5.78 Å². The van der Waals surface area contributed by atoms with Crippen LogP contribution in [0, 0.1) is 12.7 Å². The van der Waals surface area contributed by atoms with Gasteiger partial charge in [-0.15, -0.1) is 0 Å². The predicted molar refractivity (Wildman–Crippen MR) is 70.6 cm³/mol. The Labute approximate surface area is 110 Å². The van der Waals surface area contributed by atoms with E-state index in [0.717, 1.165) is 0 Å². The van der Waals surface area contributed by atoms with Gasteiger partial charge < -0.3 is 0 Å². The van der Waals surface area contributed by atoms with Gasteiger partial charge in [-0.05, 0) is 30.2 Å². The number of rotatable bonds is 3. The maximum absolute atomic E-state index is 13.8. The third-order valence-corrected chi connectivity index (χ3v) is 3.17. The summed E-state index contributed by atoms with van der Waals surface area (Å²) in [5, 5.41) is 0.527. The lowest BCUT2D eigenvalue weighted by Crippen LogP contribution is -2.07. The zero-order valence-corrected chi connectivity index (χ0v) is 10.7. The number of aryl methyl sites for hydroxylation is 1. The Morgan fingerprint density at radius 2 is 1.89 bits per heavy atom. The number of ketones is 1. The SMILES string of the molecule is Cc1cccc(C(=O)Cc2ccccc2Cl)c1F. The zero-order chi connectivity index (χ0) is 13.1. The van der Waals surface area contributed by atoms with Crippen LogP contribution in [0.3, 0.4) is 0 Å². The first-order valence-corrected chi connectivity index (χ1v) is 5.99. The van der Waals surface area contributed by atoms with Crippen molar-refractivity contribution < 1.29 is 9.18 Å². The largest absolute Gasteiger partial charge is 0.294 e. The minimum Gasteiger partial charge on any atom is -0.294 e. The Morgan fingerprint density at radius 3 is 2.61 bits per heavy atom. The molecule has 2 aromatic rings. The molecule has 0 aliphatic carbocycles. The van der Waals surface area contributed by atoms with Crippen molar-refractivity contribution in [1.29, 1.82) is 0 Å². The van der Waals surface area contributed by atoms with Gasteiger partial charge in [0.2, 0.25) is 0 Å². The van der Waals surface area contributed by atoms with Gasteiger partial charge in [-0.3, -0.25) is 4.79 Å². The quantitative estimate of drug-likeness (QED) is 0.757. The van der Waals surface area contributed by atoms with Crippen LogP contribution in [0.1, 0.15) is 21.5 Å². The normalized spacial score (nSPS) is 10.4. The summed E-state index contributed by atoms with van der Waals surface area (Å²) in [4.78, 5) is 12.0. The highest BCUT2D eigenvalue weighted by Gasteiger charge is 2.14. The van der Waals surface area contributed by atoms with Gasteiger partial charge in [0.1, 0.15) is 5.82 Å². The molecule has 0 aliphatic rings. The summed E-state index contributed by atoms with van der Waals surface area (Å²) in [6.07, 6.45) is 0.111. The third-order valence-electron chi connectivity index (χ3n) is 2.80. The Morgan fingerprint density at radius 1 is 1.17 bits per heavy atom. The number of hydrogen-bond acceptors (Lipinski definition) is 1. The Hall–Kier alpha value is -1.67. The van der Waals surface area contributed by atoms with Crippen LogP contribution in [0.15, 0.2) is 42.5 Å². The molecule has 2 rings (SSSR count). The molecule has 0 saturated heterocycles. The van der Waals surface area contributed by atoms with Gasteiger partial charge in [-0.1, -0.05) is 41.9 Å². The molecule has 0 heterocycles. The van der Waals surface area contributed by atoms with Gasteiger partial charge in [0.05, 0.1) is 5.56 Å². The van der Waals surface area contributed by atoms with Crippen molar-refractivity contribution in [3.63, 3.8) is 0 Å². The van der Waals surface area contributed by atoms with E-state index in [0.29, 0.717) is 16.1 Å². The number of benzene rings is 2. The van der Waals surface area contributed by atoms with E-state index < -0.39 is 5.82 Å². The van der Waals surface area contributed by atoms with Crippen molar-refractivity contribution in [3.05, 3.63) is 70.0 Å². The van der Waals surface area contributed by atoms with E-state index in [9.17, 15) is 9.18 Å². The summed E-state index contributed by atoms with van der Waals surface area (Å²) in [7, 11) is 0. The monoisotopic (exact) mass is 262 g/mol. The topological polar surface area (TPSA) is 17.1 Å². The highest BCUT2D eigenvalue weighted by Crippen LogP contribution is 2.19. The highest BCUT2D eigenvalue weighted by atomic mass is 35.5. The summed E-state index contributed by atoms with van der Waals surface area (Å²) >= 11 is 5.98. The molecule has 0 atom stereocenters. The van der Waals surface area contributed by atoms with Crippen LogP contribution in [-0.4, -0.2) is 5.78 Å². The lowest BCUT2D eigenvalue weighted by Gasteiger charge is -2.06. The average molecular weight is 263 g/mol. The summed E-state index contributed by atoms with van der Waals surface area (Å²) in [5.41, 5.74) is 1.31. The average Bonchev–Trinajstić information content (AvgIpc) is 2.35. The van der Waals surface area contributed by atoms with Gasteiger partial charge in [-0.2, -0.15) is 0 Å². The van der Waals surface area contributed by atoms with E-state index in [4.69, 9.17) is 11.6 Å². The van der Waals surface area contributed by atoms with E-state index in [1.165, 1.54) is 6.07 Å². The molecule has 0 radical (unpaired) electrons. The van der Waals surface area contributed by atoms with E-state index in [-0.39, 0.29) is 17.8 Å². The second-order valence-corrected chi connectivity index (χ2v) is 4.54. The molecule has 0 saturated carbocycles. The fourth-order valence-corrected chi connectivity index (χ4v) is 1.98. The number of Topliss-reactive ketones (excluding diaryl/α,β-unsaturated/α-hetero) is 1. The molecule has 1 nitrogen and oxygen atoms in total. The molecule has 0 aliphatic heterocycles. The Bertz CT molecular complexity index is 593. The minimum absolute atomic E-state index is 0.111. The summed E-state index contributed by atoms with van der Waals surface area (Å²) < 4.78 is 13.8. The van der Waals surface area contributed by atoms with Gasteiger partial charge in [0, 0.05) is 11.4 Å². The van der Waals surface area contributed by atoms with Crippen LogP contribution in [-0.2, 0) is 6.42 Å². The van der Waals surface area contributed by atoms with Crippen molar-refractivity contribution in [1.82, 2.24) is 0 Å². The van der Waals surface area contributed by atoms with Gasteiger partial charge >= 0.3 is 0 Å². The lowest BCUT2D eigenvalue weighted by molar-refractivity contribution is 0.0989. The first-order valence-electron chi connectivity index (χ1n) is 5.61. The Balaban J connectivity index is 2.28. The van der Waals surface area contributed by atoms with E-state index in [1.54, 1.807) is 43.3 Å². The van der Waals surface area contributed by atoms with Crippen LogP contribution in [0.2, 0.25) is 5.02 Å². The maximum atomic E-state index is 13.8. The standard InChI is InChI=1S/C15H12ClFO/c1-10-5-4-7-12(15(10)17)14(18)9-11-6-2-3-8-13(11)16/h2-8H,9H2,1H3. The molecule has 3 heteroatoms. The van der Waals surface area contributed by atoms with E-state index >= 15 is 0 Å². The van der Waals surface area contributed by atoms with Crippen LogP contribution in [0.25, 0.3) is 0 Å². The lowest BCUT2D eigenvalue weighted by atomic mass is 10.0. The second-order valence-electron chi connectivity index (χ2n) is 4.13. The van der Waals surface area contributed by atoms with Crippen LogP contribution < -0.4 is 0 Å². The highest BCUT2D eigenvalue weighted by molar-refractivity contribution is 6.31. The molecule has 0 bridgehead atoms. The molecular weight excluding hydrogens is 251 g/mol. The van der Waals surface area contributed by atoms with Crippen LogP contribution in [0.5, 0.6) is 0 Å². The Kier molecular flexibility index (Phi) is 3.78. The fourth-order valence-electron chi connectivity index (χ4n) is 1.77. The molecule has 0 amide bonds. The van der Waals surface area contributed by atoms with Crippen molar-refractivity contribution in [2.75, 3.05) is 0 Å². The molecule has 0 fully saturated rings. The third kappa shape index (κ3) is 2.59. The van der Waals surface area contributed by atoms with Crippen LogP contribution >= 0.6 is 11.6 Å². The minimum atomic E-state index is -0.449. The summed E-state index contributed by atoms with van der Waals surface area (Å²) in [6.45, 7) is 1.64. The van der Waals surface area contributed by atoms with Crippen molar-refractivity contribution in [2.24, 2.45) is 0 Å². The number of hydrogen-bond donors (Lipinski definition) is 0. The summed E-state index contributed by atoms with van der Waals surface area (Å²) in [6, 6.07) is 11.9. The van der Waals surface area contributed by atoms with E-state index in [2.05, 4.69) is 0 Å². The second kappa shape index (κ2) is 5.32. The molecule has 18 heavy (non-hydrogen) atoms. The van der Waals surface area contributed by atoms with Crippen LogP contribution in [0.4, 0.5) is 4.39 Å². The number of carbonyl (C=O) groups excluding carboxylic acids is 1. The molecule has 0 unspecified atom stereocenters.